The van der Waals surface area contributed by atoms with Crippen LogP contribution in [0.25, 0.3) is 0 Å². The van der Waals surface area contributed by atoms with Gasteiger partial charge < -0.3 is 10.2 Å². The van der Waals surface area contributed by atoms with E-state index in [0.29, 0.717) is 29.5 Å². The van der Waals surface area contributed by atoms with Gasteiger partial charge in [-0.25, -0.2) is 8.42 Å². The number of carbonyl (C=O) groups excluding carboxylic acids is 1. The molecule has 9 heteroatoms. The number of carbonyl (C=O) groups is 1. The van der Waals surface area contributed by atoms with E-state index in [4.69, 9.17) is 0 Å². The number of sulfonamides is 1. The number of hydrogen-bond donors (Lipinski definition) is 2. The third-order valence-corrected chi connectivity index (χ3v) is 21.1. The van der Waals surface area contributed by atoms with Crippen molar-refractivity contribution >= 4 is 38.5 Å². The lowest BCUT2D eigenvalue weighted by molar-refractivity contribution is -0.174. The van der Waals surface area contributed by atoms with Crippen molar-refractivity contribution in [2.45, 2.75) is 115 Å². The van der Waals surface area contributed by atoms with E-state index in [0.717, 1.165) is 66.2 Å². The highest BCUT2D eigenvalue weighted by molar-refractivity contribution is 7.91. The molecule has 2 heterocycles. The number of rotatable bonds is 8. The molecule has 6 saturated carbocycles. The van der Waals surface area contributed by atoms with Gasteiger partial charge in [0.25, 0.3) is 10.0 Å². The molecule has 6 nitrogen and oxygen atoms in total. The van der Waals surface area contributed by atoms with Gasteiger partial charge in [-0.2, -0.15) is 4.31 Å². The molecule has 0 amide bonds. The Kier molecular flexibility index (Phi) is 7.72. The molecule has 6 fully saturated rings. The van der Waals surface area contributed by atoms with Crippen molar-refractivity contribution in [3.8, 4) is 0 Å². The molecule has 0 aliphatic heterocycles. The fourth-order valence-electron chi connectivity index (χ4n) is 13.8. The summed E-state index contributed by atoms with van der Waals surface area (Å²) in [7, 11) is -3.83. The lowest BCUT2D eigenvalue weighted by atomic mass is 9.32. The van der Waals surface area contributed by atoms with Gasteiger partial charge in [0, 0.05) is 39.8 Å². The standard InChI is InChI=1S/C42H55NO5S3/c1-26-8-11-32(50-26)36(45)31-23-40-18-19-42(31)33(38(40,4)15-12-29(44)22-40)13-16-39(5)34(42)14-17-41(39,46)25-43(51(47,48)35-7-6-20-49-35)24-27-9-10-28-21-30(27)37(28,2)3/h6-8,11,18-20,23,27-30,33-34,44,46H,9-10,12-17,21-22,24-25H2,1-5H3/t27-,28-,29?,30-,33+,34+,38+,39-,40-,41+,42+/m0/s1. The molecule has 276 valence electrons. The van der Waals surface area contributed by atoms with Crippen molar-refractivity contribution in [3.05, 3.63) is 63.2 Å². The van der Waals surface area contributed by atoms with Crippen molar-refractivity contribution in [1.82, 2.24) is 4.31 Å². The zero-order chi connectivity index (χ0) is 36.0. The number of aliphatic hydroxyl groups excluding tert-OH is 1. The van der Waals surface area contributed by atoms with Crippen molar-refractivity contribution < 1.29 is 23.4 Å². The number of fused-ring (bicyclic) bond motifs is 3. The minimum absolute atomic E-state index is 0.0180. The quantitative estimate of drug-likeness (QED) is 0.208. The van der Waals surface area contributed by atoms with Gasteiger partial charge in [-0.1, -0.05) is 52.0 Å². The predicted molar refractivity (Wildman–Crippen MR) is 203 cm³/mol. The van der Waals surface area contributed by atoms with Gasteiger partial charge >= 0.3 is 0 Å². The molecule has 11 rings (SSSR count). The van der Waals surface area contributed by atoms with Gasteiger partial charge in [0.2, 0.25) is 0 Å². The van der Waals surface area contributed by atoms with Gasteiger partial charge in [0.1, 0.15) is 4.21 Å². The van der Waals surface area contributed by atoms with Gasteiger partial charge in [-0.3, -0.25) is 4.79 Å². The van der Waals surface area contributed by atoms with Crippen LogP contribution in [0.1, 0.15) is 106 Å². The van der Waals surface area contributed by atoms with E-state index in [9.17, 15) is 23.4 Å². The molecule has 0 aromatic carbocycles. The Bertz CT molecular complexity index is 1930. The number of allylic oxidation sites excluding steroid dienone is 4. The number of Topliss-reactive ketones (excluding diaryl/α,β-unsaturated/α-hetero) is 1. The van der Waals surface area contributed by atoms with E-state index in [1.54, 1.807) is 27.8 Å². The monoisotopic (exact) mass is 749 g/mol. The number of thiophene rings is 2. The van der Waals surface area contributed by atoms with Crippen molar-refractivity contribution in [3.63, 3.8) is 0 Å². The molecular weight excluding hydrogens is 695 g/mol. The van der Waals surface area contributed by atoms with Crippen LogP contribution in [-0.2, 0) is 10.0 Å². The second kappa shape index (κ2) is 11.2. The van der Waals surface area contributed by atoms with Gasteiger partial charge in [0.05, 0.1) is 16.6 Å². The van der Waals surface area contributed by atoms with Crippen LogP contribution in [0.4, 0.5) is 0 Å². The number of hydrogen-bond acceptors (Lipinski definition) is 7. The van der Waals surface area contributed by atoms with E-state index >= 15 is 0 Å². The molecular formula is C42H55NO5S3. The van der Waals surface area contributed by atoms with Crippen molar-refractivity contribution in [2.75, 3.05) is 13.1 Å². The first-order valence-electron chi connectivity index (χ1n) is 19.5. The molecule has 11 atom stereocenters. The highest BCUT2D eigenvalue weighted by Gasteiger charge is 2.75. The topological polar surface area (TPSA) is 94.9 Å². The van der Waals surface area contributed by atoms with E-state index in [2.05, 4.69) is 45.9 Å². The summed E-state index contributed by atoms with van der Waals surface area (Å²) >= 11 is 2.81. The third-order valence-electron chi connectivity index (χ3n) is 16.9. The Morgan fingerprint density at radius 2 is 1.71 bits per heavy atom. The number of ketones is 1. The largest absolute Gasteiger partial charge is 0.393 e. The lowest BCUT2D eigenvalue weighted by Gasteiger charge is -2.71. The molecule has 51 heavy (non-hydrogen) atoms. The molecule has 9 aliphatic carbocycles. The van der Waals surface area contributed by atoms with Crippen LogP contribution in [0, 0.1) is 63.6 Å². The summed E-state index contributed by atoms with van der Waals surface area (Å²) in [5.74, 6) is 1.77. The fourth-order valence-corrected chi connectivity index (χ4v) is 17.3. The summed E-state index contributed by atoms with van der Waals surface area (Å²) in [6.45, 7) is 11.9. The van der Waals surface area contributed by atoms with Crippen molar-refractivity contribution in [2.24, 2.45) is 56.7 Å². The van der Waals surface area contributed by atoms with Crippen LogP contribution in [0.2, 0.25) is 0 Å². The second-order valence-corrected chi connectivity index (χ2v) is 23.4. The SMILES string of the molecule is Cc1ccc(C(=O)C2=C[C@@]34C=C[C@@]25[C@@H]2CC[C@@](O)(CN(C[C@@H]6CC[C@H]7C[C@@H]6C7(C)C)S(=O)(=O)c6cccs6)[C@@]2(C)CC[C@@H]5[C@@]3(C)CCC(O)C4)s1. The second-order valence-electron chi connectivity index (χ2n) is 19.0. The van der Waals surface area contributed by atoms with Crippen LogP contribution < -0.4 is 0 Å². The highest BCUT2D eigenvalue weighted by atomic mass is 32.2. The summed E-state index contributed by atoms with van der Waals surface area (Å²) in [6.07, 6.45) is 15.1. The summed E-state index contributed by atoms with van der Waals surface area (Å²) < 4.78 is 31.2. The molecule has 2 aromatic heterocycles. The number of aliphatic hydroxyl groups is 2. The maximum absolute atomic E-state index is 14.8. The maximum Gasteiger partial charge on any atom is 0.252 e. The zero-order valence-corrected chi connectivity index (χ0v) is 33.3. The van der Waals surface area contributed by atoms with E-state index in [1.807, 2.05) is 24.4 Å². The van der Waals surface area contributed by atoms with Gasteiger partial charge in [0.15, 0.2) is 5.78 Å². The molecule has 2 spiro atoms. The molecule has 2 aromatic rings. The van der Waals surface area contributed by atoms with Crippen LogP contribution >= 0.6 is 22.7 Å². The minimum atomic E-state index is -3.83. The molecule has 0 radical (unpaired) electrons. The first-order chi connectivity index (χ1) is 24.0. The number of nitrogens with zero attached hydrogens (tertiary/aromatic N) is 1. The third kappa shape index (κ3) is 4.54. The first-order valence-corrected chi connectivity index (χ1v) is 22.6. The smallest absolute Gasteiger partial charge is 0.252 e. The Morgan fingerprint density at radius 1 is 0.961 bits per heavy atom. The predicted octanol–water partition coefficient (Wildman–Crippen LogP) is 8.66. The van der Waals surface area contributed by atoms with Crippen LogP contribution in [0.5, 0.6) is 0 Å². The fraction of sp³-hybridized carbons (Fsp3) is 0.690. The summed E-state index contributed by atoms with van der Waals surface area (Å²) in [5, 5.41) is 26.1. The summed E-state index contributed by atoms with van der Waals surface area (Å²) in [4.78, 5) is 16.7. The average molecular weight is 750 g/mol. The van der Waals surface area contributed by atoms with Gasteiger partial charge in [-0.05, 0) is 135 Å². The van der Waals surface area contributed by atoms with Crippen LogP contribution in [0.15, 0.2) is 57.7 Å². The Hall–Kier alpha value is -1.62. The van der Waals surface area contributed by atoms with Crippen molar-refractivity contribution in [1.29, 1.82) is 0 Å². The first kappa shape index (κ1) is 35.1. The number of aryl methyl sites for hydroxylation is 1. The van der Waals surface area contributed by atoms with Crippen LogP contribution in [-0.4, -0.2) is 53.5 Å². The zero-order valence-electron chi connectivity index (χ0n) is 30.9. The van der Waals surface area contributed by atoms with Crippen LogP contribution in [0.3, 0.4) is 0 Å². The Morgan fingerprint density at radius 3 is 2.39 bits per heavy atom. The lowest BCUT2D eigenvalue weighted by Crippen LogP contribution is -2.67. The normalized spacial score (nSPS) is 44.7. The average Bonchev–Trinajstić information content (AvgIpc) is 3.85. The highest BCUT2D eigenvalue weighted by Crippen LogP contribution is 2.78. The Balaban J connectivity index is 1.12. The minimum Gasteiger partial charge on any atom is -0.393 e. The maximum atomic E-state index is 14.8. The van der Waals surface area contributed by atoms with E-state index in [1.165, 1.54) is 17.8 Å². The van der Waals surface area contributed by atoms with E-state index in [-0.39, 0.29) is 46.3 Å². The van der Waals surface area contributed by atoms with E-state index < -0.39 is 32.6 Å². The van der Waals surface area contributed by atoms with Gasteiger partial charge in [-0.15, -0.1) is 22.7 Å². The molecule has 4 bridgehead atoms. The molecule has 2 N–H and O–H groups in total. The molecule has 9 aliphatic rings. The summed E-state index contributed by atoms with van der Waals surface area (Å²) in [6, 6.07) is 7.50. The molecule has 1 unspecified atom stereocenters. The molecule has 0 saturated heterocycles. The summed E-state index contributed by atoms with van der Waals surface area (Å²) in [5.41, 5.74) is -1.81. The Labute approximate surface area is 312 Å².